The SMILES string of the molecule is CCOc1cc(Cl)c(C(NC)c2ccsc2)cc1Cl. The lowest BCUT2D eigenvalue weighted by Gasteiger charge is -2.18. The Balaban J connectivity index is 2.41. The maximum absolute atomic E-state index is 6.35. The standard InChI is InChI=1S/C14H15Cl2NOS/c1-3-18-13-7-11(15)10(6-12(13)16)14(17-2)9-4-5-19-8-9/h4-8,14,17H,3H2,1-2H3. The zero-order valence-electron chi connectivity index (χ0n) is 10.7. The van der Waals surface area contributed by atoms with Crippen LogP contribution in [0.2, 0.25) is 10.0 Å². The van der Waals surface area contributed by atoms with Gasteiger partial charge < -0.3 is 10.1 Å². The zero-order valence-corrected chi connectivity index (χ0v) is 13.1. The number of nitrogens with one attached hydrogen (secondary N) is 1. The number of thiophene rings is 1. The quantitative estimate of drug-likeness (QED) is 0.858. The minimum absolute atomic E-state index is 0.0342. The average molecular weight is 316 g/mol. The Morgan fingerprint density at radius 1 is 1.32 bits per heavy atom. The fourth-order valence-corrected chi connectivity index (χ4v) is 3.15. The summed E-state index contributed by atoms with van der Waals surface area (Å²) in [5.41, 5.74) is 2.13. The van der Waals surface area contributed by atoms with E-state index in [-0.39, 0.29) is 6.04 Å². The van der Waals surface area contributed by atoms with Gasteiger partial charge in [-0.05, 0) is 48.0 Å². The van der Waals surface area contributed by atoms with E-state index in [1.165, 1.54) is 5.56 Å². The number of halogens is 2. The van der Waals surface area contributed by atoms with Crippen LogP contribution in [0.3, 0.4) is 0 Å². The molecule has 0 bridgehead atoms. The molecule has 2 aromatic rings. The first kappa shape index (κ1) is 14.7. The number of rotatable bonds is 5. The smallest absolute Gasteiger partial charge is 0.139 e. The second-order valence-electron chi connectivity index (χ2n) is 4.02. The van der Waals surface area contributed by atoms with Gasteiger partial charge in [0, 0.05) is 11.1 Å². The van der Waals surface area contributed by atoms with E-state index < -0.39 is 0 Å². The molecule has 2 nitrogen and oxygen atoms in total. The largest absolute Gasteiger partial charge is 0.492 e. The van der Waals surface area contributed by atoms with Crippen molar-refractivity contribution in [1.29, 1.82) is 0 Å². The van der Waals surface area contributed by atoms with Gasteiger partial charge in [0.2, 0.25) is 0 Å². The summed E-state index contributed by atoms with van der Waals surface area (Å²) in [7, 11) is 1.91. The van der Waals surface area contributed by atoms with E-state index in [0.717, 1.165) is 5.56 Å². The summed E-state index contributed by atoms with van der Waals surface area (Å²) in [6, 6.07) is 5.76. The van der Waals surface area contributed by atoms with Crippen LogP contribution in [0.1, 0.15) is 24.1 Å². The summed E-state index contributed by atoms with van der Waals surface area (Å²) >= 11 is 14.2. The van der Waals surface area contributed by atoms with Crippen LogP contribution < -0.4 is 10.1 Å². The van der Waals surface area contributed by atoms with E-state index in [2.05, 4.69) is 16.8 Å². The number of hydrogen-bond acceptors (Lipinski definition) is 3. The van der Waals surface area contributed by atoms with E-state index >= 15 is 0 Å². The van der Waals surface area contributed by atoms with Gasteiger partial charge in [-0.25, -0.2) is 0 Å². The van der Waals surface area contributed by atoms with Crippen LogP contribution in [-0.2, 0) is 0 Å². The fraction of sp³-hybridized carbons (Fsp3) is 0.286. The van der Waals surface area contributed by atoms with Gasteiger partial charge in [-0.1, -0.05) is 23.2 Å². The minimum Gasteiger partial charge on any atom is -0.492 e. The van der Waals surface area contributed by atoms with E-state index in [9.17, 15) is 0 Å². The molecule has 0 amide bonds. The highest BCUT2D eigenvalue weighted by Crippen LogP contribution is 2.36. The van der Waals surface area contributed by atoms with Crippen molar-refractivity contribution in [2.45, 2.75) is 13.0 Å². The third kappa shape index (κ3) is 3.23. The maximum atomic E-state index is 6.35. The Kier molecular flexibility index (Phi) is 5.11. The molecule has 0 aliphatic heterocycles. The third-order valence-electron chi connectivity index (χ3n) is 2.83. The van der Waals surface area contributed by atoms with Crippen molar-refractivity contribution in [2.24, 2.45) is 0 Å². The van der Waals surface area contributed by atoms with Crippen LogP contribution >= 0.6 is 34.5 Å². The monoisotopic (exact) mass is 315 g/mol. The van der Waals surface area contributed by atoms with Gasteiger partial charge in [0.15, 0.2) is 0 Å². The highest BCUT2D eigenvalue weighted by molar-refractivity contribution is 7.08. The van der Waals surface area contributed by atoms with Gasteiger partial charge in [0.1, 0.15) is 5.75 Å². The first-order valence-corrected chi connectivity index (χ1v) is 7.68. The molecule has 0 saturated heterocycles. The normalized spacial score (nSPS) is 12.4. The molecule has 0 radical (unpaired) electrons. The third-order valence-corrected chi connectivity index (χ3v) is 4.15. The molecular weight excluding hydrogens is 301 g/mol. The topological polar surface area (TPSA) is 21.3 Å². The molecule has 2 rings (SSSR count). The predicted molar refractivity (Wildman–Crippen MR) is 82.9 cm³/mol. The Morgan fingerprint density at radius 2 is 2.11 bits per heavy atom. The first-order valence-electron chi connectivity index (χ1n) is 5.98. The van der Waals surface area contributed by atoms with Gasteiger partial charge in [0.05, 0.1) is 17.7 Å². The second-order valence-corrected chi connectivity index (χ2v) is 5.61. The molecule has 19 heavy (non-hydrogen) atoms. The fourth-order valence-electron chi connectivity index (χ4n) is 1.97. The van der Waals surface area contributed by atoms with Crippen molar-refractivity contribution in [1.82, 2.24) is 5.32 Å². The average Bonchev–Trinajstić information content (AvgIpc) is 2.90. The van der Waals surface area contributed by atoms with E-state index in [1.807, 2.05) is 25.4 Å². The van der Waals surface area contributed by atoms with Crippen molar-refractivity contribution in [3.8, 4) is 5.75 Å². The number of hydrogen-bond donors (Lipinski definition) is 1. The van der Waals surface area contributed by atoms with Crippen molar-refractivity contribution in [3.63, 3.8) is 0 Å². The summed E-state index contributed by atoms with van der Waals surface area (Å²) in [6.07, 6.45) is 0. The Hall–Kier alpha value is -0.740. The molecule has 1 heterocycles. The highest BCUT2D eigenvalue weighted by Gasteiger charge is 2.18. The summed E-state index contributed by atoms with van der Waals surface area (Å²) < 4.78 is 5.44. The molecule has 102 valence electrons. The van der Waals surface area contributed by atoms with Crippen LogP contribution in [0, 0.1) is 0 Å². The van der Waals surface area contributed by atoms with Crippen LogP contribution in [-0.4, -0.2) is 13.7 Å². The Bertz CT molecular complexity index is 543. The highest BCUT2D eigenvalue weighted by atomic mass is 35.5. The number of ether oxygens (including phenoxy) is 1. The molecule has 5 heteroatoms. The lowest BCUT2D eigenvalue weighted by atomic mass is 10.0. The first-order chi connectivity index (χ1) is 9.17. The molecule has 1 aromatic heterocycles. The maximum Gasteiger partial charge on any atom is 0.139 e. The van der Waals surface area contributed by atoms with Gasteiger partial charge in [0.25, 0.3) is 0 Å². The van der Waals surface area contributed by atoms with Crippen LogP contribution in [0.15, 0.2) is 29.0 Å². The summed E-state index contributed by atoms with van der Waals surface area (Å²) in [5, 5.41) is 8.64. The molecule has 0 spiro atoms. The van der Waals surface area contributed by atoms with Crippen molar-refractivity contribution in [2.75, 3.05) is 13.7 Å². The zero-order chi connectivity index (χ0) is 13.8. The summed E-state index contributed by atoms with van der Waals surface area (Å²) in [6.45, 7) is 2.48. The van der Waals surface area contributed by atoms with Gasteiger partial charge in [-0.15, -0.1) is 0 Å². The molecular formula is C14H15Cl2NOS. The van der Waals surface area contributed by atoms with Gasteiger partial charge >= 0.3 is 0 Å². The Morgan fingerprint density at radius 3 is 2.68 bits per heavy atom. The van der Waals surface area contributed by atoms with Gasteiger partial charge in [-0.3, -0.25) is 0 Å². The van der Waals surface area contributed by atoms with Crippen LogP contribution in [0.4, 0.5) is 0 Å². The Labute approximate surface area is 127 Å². The lowest BCUT2D eigenvalue weighted by molar-refractivity contribution is 0.340. The number of benzene rings is 1. The van der Waals surface area contributed by atoms with E-state index in [4.69, 9.17) is 27.9 Å². The van der Waals surface area contributed by atoms with E-state index in [1.54, 1.807) is 17.4 Å². The molecule has 0 aliphatic carbocycles. The van der Waals surface area contributed by atoms with Crippen molar-refractivity contribution < 1.29 is 4.74 Å². The molecule has 1 N–H and O–H groups in total. The van der Waals surface area contributed by atoms with Crippen LogP contribution in [0.25, 0.3) is 0 Å². The summed E-state index contributed by atoms with van der Waals surface area (Å²) in [5.74, 6) is 0.623. The van der Waals surface area contributed by atoms with Crippen LogP contribution in [0.5, 0.6) is 5.75 Å². The van der Waals surface area contributed by atoms with Crippen molar-refractivity contribution in [3.05, 3.63) is 50.1 Å². The molecule has 0 saturated carbocycles. The van der Waals surface area contributed by atoms with Gasteiger partial charge in [-0.2, -0.15) is 11.3 Å². The van der Waals surface area contributed by atoms with E-state index in [0.29, 0.717) is 22.4 Å². The molecule has 1 unspecified atom stereocenters. The lowest BCUT2D eigenvalue weighted by Crippen LogP contribution is -2.17. The molecule has 1 atom stereocenters. The molecule has 0 fully saturated rings. The summed E-state index contributed by atoms with van der Waals surface area (Å²) in [4.78, 5) is 0. The predicted octanol–water partition coefficient (Wildman–Crippen LogP) is 4.76. The molecule has 0 aliphatic rings. The minimum atomic E-state index is 0.0342. The molecule has 1 aromatic carbocycles. The second kappa shape index (κ2) is 6.62. The van der Waals surface area contributed by atoms with Crippen molar-refractivity contribution >= 4 is 34.5 Å².